The van der Waals surface area contributed by atoms with Crippen LogP contribution in [0, 0.1) is 6.92 Å². The van der Waals surface area contributed by atoms with E-state index in [-0.39, 0.29) is 18.5 Å². The van der Waals surface area contributed by atoms with E-state index < -0.39 is 0 Å². The second kappa shape index (κ2) is 5.30. The van der Waals surface area contributed by atoms with E-state index in [9.17, 15) is 9.59 Å². The molecule has 0 spiro atoms. The van der Waals surface area contributed by atoms with Crippen LogP contribution < -0.4 is 4.90 Å². The molecule has 1 aliphatic rings. The number of rotatable bonds is 3. The number of amides is 3. The quantitative estimate of drug-likeness (QED) is 0.824. The van der Waals surface area contributed by atoms with Crippen molar-refractivity contribution in [3.05, 3.63) is 29.8 Å². The maximum absolute atomic E-state index is 12.2. The van der Waals surface area contributed by atoms with Crippen molar-refractivity contribution in [3.8, 4) is 0 Å². The van der Waals surface area contributed by atoms with Gasteiger partial charge in [0, 0.05) is 32.9 Å². The molecule has 102 valence electrons. The number of hydrogen-bond acceptors (Lipinski definition) is 2. The number of nitrogens with zero attached hydrogens (tertiary/aromatic N) is 3. The van der Waals surface area contributed by atoms with Crippen LogP contribution in [0.15, 0.2) is 24.3 Å². The van der Waals surface area contributed by atoms with Gasteiger partial charge in [0.1, 0.15) is 6.54 Å². The second-order valence-electron chi connectivity index (χ2n) is 4.98. The molecule has 0 saturated carbocycles. The molecule has 0 aliphatic carbocycles. The fourth-order valence-corrected chi connectivity index (χ4v) is 2.00. The molecular formula is C14H19N3O2. The van der Waals surface area contributed by atoms with Crippen LogP contribution in [0.25, 0.3) is 0 Å². The van der Waals surface area contributed by atoms with Crippen LogP contribution in [0.5, 0.6) is 0 Å². The van der Waals surface area contributed by atoms with Gasteiger partial charge in [-0.3, -0.25) is 9.69 Å². The number of carbonyl (C=O) groups is 2. The summed E-state index contributed by atoms with van der Waals surface area (Å²) < 4.78 is 0. The Bertz CT molecular complexity index is 482. The molecule has 0 unspecified atom stereocenters. The summed E-state index contributed by atoms with van der Waals surface area (Å²) in [4.78, 5) is 28.7. The van der Waals surface area contributed by atoms with E-state index in [0.29, 0.717) is 13.1 Å². The molecule has 5 heteroatoms. The molecular weight excluding hydrogens is 242 g/mol. The number of carbonyl (C=O) groups excluding carboxylic acids is 2. The third kappa shape index (κ3) is 2.86. The van der Waals surface area contributed by atoms with Crippen LogP contribution in [-0.4, -0.2) is 55.5 Å². The van der Waals surface area contributed by atoms with E-state index in [0.717, 1.165) is 11.3 Å². The van der Waals surface area contributed by atoms with Gasteiger partial charge in [-0.1, -0.05) is 17.7 Å². The SMILES string of the molecule is Cc1ccc(N2CCN(CC(=O)N(C)C)C2=O)cc1. The minimum atomic E-state index is -0.0981. The summed E-state index contributed by atoms with van der Waals surface area (Å²) >= 11 is 0. The Balaban J connectivity index is 2.05. The Morgan fingerprint density at radius 3 is 2.42 bits per heavy atom. The van der Waals surface area contributed by atoms with Crippen LogP contribution in [0.4, 0.5) is 10.5 Å². The molecule has 3 amide bonds. The number of benzene rings is 1. The van der Waals surface area contributed by atoms with Crippen molar-refractivity contribution in [1.82, 2.24) is 9.80 Å². The molecule has 1 aromatic rings. The lowest BCUT2D eigenvalue weighted by molar-refractivity contribution is -0.129. The van der Waals surface area contributed by atoms with E-state index in [1.165, 1.54) is 4.90 Å². The first kappa shape index (κ1) is 13.4. The van der Waals surface area contributed by atoms with Crippen molar-refractivity contribution in [2.75, 3.05) is 38.6 Å². The normalized spacial score (nSPS) is 15.0. The lowest BCUT2D eigenvalue weighted by Crippen LogP contribution is -2.39. The van der Waals surface area contributed by atoms with Crippen molar-refractivity contribution in [2.45, 2.75) is 6.92 Å². The van der Waals surface area contributed by atoms with Gasteiger partial charge in [0.2, 0.25) is 5.91 Å². The van der Waals surface area contributed by atoms with Gasteiger partial charge in [-0.05, 0) is 19.1 Å². The summed E-state index contributed by atoms with van der Waals surface area (Å²) in [7, 11) is 3.39. The van der Waals surface area contributed by atoms with Crippen LogP contribution in [-0.2, 0) is 4.79 Å². The van der Waals surface area contributed by atoms with E-state index in [2.05, 4.69) is 0 Å². The number of aryl methyl sites for hydroxylation is 1. The average Bonchev–Trinajstić information content (AvgIpc) is 2.72. The Morgan fingerprint density at radius 1 is 1.21 bits per heavy atom. The van der Waals surface area contributed by atoms with E-state index in [1.807, 2.05) is 31.2 Å². The summed E-state index contributed by atoms with van der Waals surface area (Å²) in [5, 5.41) is 0. The molecule has 0 aromatic heterocycles. The Hall–Kier alpha value is -2.04. The largest absolute Gasteiger partial charge is 0.347 e. The highest BCUT2D eigenvalue weighted by molar-refractivity contribution is 5.96. The first-order chi connectivity index (χ1) is 8.99. The van der Waals surface area contributed by atoms with Gasteiger partial charge in [-0.25, -0.2) is 4.79 Å². The van der Waals surface area contributed by atoms with Crippen LogP contribution in [0.2, 0.25) is 0 Å². The highest BCUT2D eigenvalue weighted by Gasteiger charge is 2.30. The average molecular weight is 261 g/mol. The molecule has 0 N–H and O–H groups in total. The third-order valence-electron chi connectivity index (χ3n) is 3.27. The summed E-state index contributed by atoms with van der Waals surface area (Å²) in [5.41, 5.74) is 2.05. The fourth-order valence-electron chi connectivity index (χ4n) is 2.00. The molecule has 1 fully saturated rings. The Labute approximate surface area is 113 Å². The molecule has 19 heavy (non-hydrogen) atoms. The van der Waals surface area contributed by atoms with Gasteiger partial charge in [0.25, 0.3) is 0 Å². The maximum atomic E-state index is 12.2. The van der Waals surface area contributed by atoms with E-state index >= 15 is 0 Å². The molecule has 0 radical (unpaired) electrons. The molecule has 0 bridgehead atoms. The lowest BCUT2D eigenvalue weighted by Gasteiger charge is -2.20. The van der Waals surface area contributed by atoms with Gasteiger partial charge in [0.15, 0.2) is 0 Å². The molecule has 1 aromatic carbocycles. The molecule has 0 atom stereocenters. The van der Waals surface area contributed by atoms with Crippen LogP contribution >= 0.6 is 0 Å². The number of hydrogen-bond donors (Lipinski definition) is 0. The molecule has 1 aliphatic heterocycles. The zero-order chi connectivity index (χ0) is 14.0. The van der Waals surface area contributed by atoms with Gasteiger partial charge >= 0.3 is 6.03 Å². The second-order valence-corrected chi connectivity index (χ2v) is 4.98. The van der Waals surface area contributed by atoms with Crippen molar-refractivity contribution < 1.29 is 9.59 Å². The smallest absolute Gasteiger partial charge is 0.325 e. The first-order valence-corrected chi connectivity index (χ1v) is 6.32. The van der Waals surface area contributed by atoms with Gasteiger partial charge in [0.05, 0.1) is 0 Å². The van der Waals surface area contributed by atoms with Crippen molar-refractivity contribution in [2.24, 2.45) is 0 Å². The lowest BCUT2D eigenvalue weighted by atomic mass is 10.2. The number of urea groups is 1. The van der Waals surface area contributed by atoms with E-state index in [4.69, 9.17) is 0 Å². The minimum Gasteiger partial charge on any atom is -0.347 e. The molecule has 5 nitrogen and oxygen atoms in total. The summed E-state index contributed by atoms with van der Waals surface area (Å²) in [5.74, 6) is -0.0564. The predicted molar refractivity (Wildman–Crippen MR) is 74.2 cm³/mol. The van der Waals surface area contributed by atoms with Gasteiger partial charge < -0.3 is 9.80 Å². The highest BCUT2D eigenvalue weighted by atomic mass is 16.2. The Kier molecular flexibility index (Phi) is 3.74. The fraction of sp³-hybridized carbons (Fsp3) is 0.429. The van der Waals surface area contributed by atoms with Crippen molar-refractivity contribution in [3.63, 3.8) is 0 Å². The summed E-state index contributed by atoms with van der Waals surface area (Å²) in [6, 6.07) is 7.74. The zero-order valence-corrected chi connectivity index (χ0v) is 11.6. The molecule has 1 saturated heterocycles. The minimum absolute atomic E-state index is 0.0564. The van der Waals surface area contributed by atoms with E-state index in [1.54, 1.807) is 23.9 Å². The van der Waals surface area contributed by atoms with Crippen molar-refractivity contribution in [1.29, 1.82) is 0 Å². The third-order valence-corrected chi connectivity index (χ3v) is 3.27. The van der Waals surface area contributed by atoms with Gasteiger partial charge in [-0.15, -0.1) is 0 Å². The van der Waals surface area contributed by atoms with Crippen molar-refractivity contribution >= 4 is 17.6 Å². The summed E-state index contributed by atoms with van der Waals surface area (Å²) in [6.07, 6.45) is 0. The maximum Gasteiger partial charge on any atom is 0.325 e. The Morgan fingerprint density at radius 2 is 1.84 bits per heavy atom. The topological polar surface area (TPSA) is 43.9 Å². The zero-order valence-electron chi connectivity index (χ0n) is 11.6. The standard InChI is InChI=1S/C14H19N3O2/c1-11-4-6-12(7-5-11)17-9-8-16(14(17)19)10-13(18)15(2)3/h4-7H,8-10H2,1-3H3. The number of anilines is 1. The van der Waals surface area contributed by atoms with Crippen LogP contribution in [0.3, 0.4) is 0 Å². The van der Waals surface area contributed by atoms with Gasteiger partial charge in [-0.2, -0.15) is 0 Å². The highest BCUT2D eigenvalue weighted by Crippen LogP contribution is 2.20. The molecule has 1 heterocycles. The number of likely N-dealkylation sites (N-methyl/N-ethyl adjacent to an activating group) is 1. The summed E-state index contributed by atoms with van der Waals surface area (Å²) in [6.45, 7) is 3.38. The first-order valence-electron chi connectivity index (χ1n) is 6.32. The molecule has 2 rings (SSSR count). The van der Waals surface area contributed by atoms with Crippen LogP contribution in [0.1, 0.15) is 5.56 Å². The monoisotopic (exact) mass is 261 g/mol. The predicted octanol–water partition coefficient (Wildman–Crippen LogP) is 1.33.